The molecule has 0 saturated carbocycles. The molecule has 1 fully saturated rings. The number of hydrogen-bond acceptors (Lipinski definition) is 6. The number of piperidine rings is 1. The lowest BCUT2D eigenvalue weighted by Crippen LogP contribution is -2.52. The van der Waals surface area contributed by atoms with Crippen LogP contribution in [-0.2, 0) is 20.9 Å². The van der Waals surface area contributed by atoms with Gasteiger partial charge in [0.05, 0.1) is 12.6 Å². The maximum atomic E-state index is 14.3. The number of rotatable bonds is 4. The van der Waals surface area contributed by atoms with Crippen LogP contribution in [0.2, 0.25) is 0 Å². The zero-order valence-electron chi connectivity index (χ0n) is 15.2. The third-order valence-electron chi connectivity index (χ3n) is 3.61. The molecular formula is C18H25FN2O5. The van der Waals surface area contributed by atoms with E-state index in [-0.39, 0.29) is 26.1 Å². The van der Waals surface area contributed by atoms with E-state index in [1.165, 1.54) is 5.06 Å². The van der Waals surface area contributed by atoms with Gasteiger partial charge in [0.2, 0.25) is 0 Å². The van der Waals surface area contributed by atoms with Gasteiger partial charge in [-0.2, -0.15) is 0 Å². The Labute approximate surface area is 152 Å². The first-order valence-electron chi connectivity index (χ1n) is 8.50. The van der Waals surface area contributed by atoms with E-state index >= 15 is 0 Å². The number of alkyl carbamates (subject to hydrolysis) is 1. The number of nitrogens with one attached hydrogen (secondary N) is 1. The van der Waals surface area contributed by atoms with Crippen molar-refractivity contribution in [1.82, 2.24) is 10.4 Å². The molecule has 144 valence electrons. The van der Waals surface area contributed by atoms with E-state index in [9.17, 15) is 14.0 Å². The van der Waals surface area contributed by atoms with Crippen LogP contribution in [0.3, 0.4) is 0 Å². The van der Waals surface area contributed by atoms with E-state index in [0.29, 0.717) is 0 Å². The van der Waals surface area contributed by atoms with Crippen molar-refractivity contribution >= 4 is 12.2 Å². The molecule has 0 radical (unpaired) electrons. The second kappa shape index (κ2) is 8.84. The Kier molecular flexibility index (Phi) is 6.79. The largest absolute Gasteiger partial charge is 0.528 e. The lowest BCUT2D eigenvalue weighted by molar-refractivity contribution is -0.163. The zero-order chi connectivity index (χ0) is 19.2. The highest BCUT2D eigenvalue weighted by atomic mass is 19.1. The van der Waals surface area contributed by atoms with Crippen molar-refractivity contribution in [2.75, 3.05) is 13.1 Å². The fourth-order valence-electron chi connectivity index (χ4n) is 2.41. The van der Waals surface area contributed by atoms with Gasteiger partial charge in [0.25, 0.3) is 0 Å². The SMILES string of the molecule is CC(C)(C)OC(=O)ON1CCC(NC(=O)OCc2ccccc2)C(F)C1. The summed E-state index contributed by atoms with van der Waals surface area (Å²) >= 11 is 0. The van der Waals surface area contributed by atoms with Crippen LogP contribution in [0.5, 0.6) is 0 Å². The molecule has 2 atom stereocenters. The van der Waals surface area contributed by atoms with Gasteiger partial charge in [0.1, 0.15) is 18.4 Å². The summed E-state index contributed by atoms with van der Waals surface area (Å²) in [5.74, 6) is 0. The summed E-state index contributed by atoms with van der Waals surface area (Å²) in [4.78, 5) is 28.4. The summed E-state index contributed by atoms with van der Waals surface area (Å²) < 4.78 is 24.4. The second-order valence-corrected chi connectivity index (χ2v) is 7.06. The van der Waals surface area contributed by atoms with Crippen molar-refractivity contribution in [3.05, 3.63) is 35.9 Å². The minimum absolute atomic E-state index is 0.115. The molecule has 26 heavy (non-hydrogen) atoms. The number of benzene rings is 1. The summed E-state index contributed by atoms with van der Waals surface area (Å²) in [6, 6.07) is 8.51. The first kappa shape index (κ1) is 20.0. The molecule has 1 aromatic rings. The average Bonchev–Trinajstić information content (AvgIpc) is 2.55. The Bertz CT molecular complexity index is 605. The summed E-state index contributed by atoms with van der Waals surface area (Å²) in [6.45, 7) is 5.38. The molecule has 0 aromatic heterocycles. The van der Waals surface area contributed by atoms with Crippen LogP contribution in [0, 0.1) is 0 Å². The summed E-state index contributed by atoms with van der Waals surface area (Å²) in [5, 5.41) is 3.72. The second-order valence-electron chi connectivity index (χ2n) is 7.06. The van der Waals surface area contributed by atoms with Gasteiger partial charge in [0, 0.05) is 6.54 Å². The van der Waals surface area contributed by atoms with E-state index < -0.39 is 30.1 Å². The Morgan fingerprint density at radius 1 is 1.27 bits per heavy atom. The molecule has 8 heteroatoms. The highest BCUT2D eigenvalue weighted by molar-refractivity contribution is 5.67. The highest BCUT2D eigenvalue weighted by Gasteiger charge is 2.33. The number of alkyl halides is 1. The molecule has 2 rings (SSSR count). The minimum Gasteiger partial charge on any atom is -0.445 e. The van der Waals surface area contributed by atoms with Crippen LogP contribution in [0.15, 0.2) is 30.3 Å². The van der Waals surface area contributed by atoms with Crippen LogP contribution in [0.25, 0.3) is 0 Å². The van der Waals surface area contributed by atoms with Crippen LogP contribution >= 0.6 is 0 Å². The normalized spacial score (nSPS) is 20.9. The summed E-state index contributed by atoms with van der Waals surface area (Å²) in [6.07, 6.45) is -2.67. The zero-order valence-corrected chi connectivity index (χ0v) is 15.2. The average molecular weight is 368 g/mol. The molecule has 7 nitrogen and oxygen atoms in total. The van der Waals surface area contributed by atoms with Gasteiger partial charge >= 0.3 is 12.2 Å². The molecule has 0 aliphatic carbocycles. The quantitative estimate of drug-likeness (QED) is 0.823. The minimum atomic E-state index is -1.39. The topological polar surface area (TPSA) is 77.1 Å². The van der Waals surface area contributed by atoms with Crippen molar-refractivity contribution in [2.24, 2.45) is 0 Å². The van der Waals surface area contributed by atoms with Crippen molar-refractivity contribution in [3.8, 4) is 0 Å². The molecule has 0 spiro atoms. The van der Waals surface area contributed by atoms with Gasteiger partial charge < -0.3 is 19.6 Å². The number of ether oxygens (including phenoxy) is 2. The molecule has 1 aromatic carbocycles. The van der Waals surface area contributed by atoms with Gasteiger partial charge in [0.15, 0.2) is 0 Å². The number of amides is 1. The number of halogens is 1. The molecule has 1 saturated heterocycles. The predicted molar refractivity (Wildman–Crippen MR) is 92.0 cm³/mol. The van der Waals surface area contributed by atoms with Crippen LogP contribution < -0.4 is 5.32 Å². The predicted octanol–water partition coefficient (Wildman–Crippen LogP) is 3.19. The highest BCUT2D eigenvalue weighted by Crippen LogP contribution is 2.17. The van der Waals surface area contributed by atoms with Crippen molar-refractivity contribution in [1.29, 1.82) is 0 Å². The van der Waals surface area contributed by atoms with Crippen LogP contribution in [0.4, 0.5) is 14.0 Å². The maximum absolute atomic E-state index is 14.3. The van der Waals surface area contributed by atoms with Crippen LogP contribution in [-0.4, -0.2) is 48.2 Å². The number of nitrogens with zero attached hydrogens (tertiary/aromatic N) is 1. The Balaban J connectivity index is 1.72. The van der Waals surface area contributed by atoms with Crippen LogP contribution in [0.1, 0.15) is 32.8 Å². The Hall–Kier alpha value is -2.35. The first-order chi connectivity index (χ1) is 12.2. The summed E-state index contributed by atoms with van der Waals surface area (Å²) in [7, 11) is 0. The Morgan fingerprint density at radius 3 is 2.58 bits per heavy atom. The monoisotopic (exact) mass is 368 g/mol. The Morgan fingerprint density at radius 2 is 1.96 bits per heavy atom. The number of hydrogen-bond donors (Lipinski definition) is 1. The molecule has 1 N–H and O–H groups in total. The van der Waals surface area contributed by atoms with Crippen molar-refractivity contribution in [3.63, 3.8) is 0 Å². The van der Waals surface area contributed by atoms with Gasteiger partial charge in [-0.3, -0.25) is 0 Å². The molecule has 0 bridgehead atoms. The van der Waals surface area contributed by atoms with Gasteiger partial charge in [-0.15, -0.1) is 5.06 Å². The van der Waals surface area contributed by atoms with E-state index in [4.69, 9.17) is 14.3 Å². The third-order valence-corrected chi connectivity index (χ3v) is 3.61. The lowest BCUT2D eigenvalue weighted by Gasteiger charge is -2.33. The van der Waals surface area contributed by atoms with E-state index in [2.05, 4.69) is 5.32 Å². The fourth-order valence-corrected chi connectivity index (χ4v) is 2.41. The fraction of sp³-hybridized carbons (Fsp3) is 0.556. The third kappa shape index (κ3) is 6.87. The lowest BCUT2D eigenvalue weighted by atomic mass is 10.1. The molecule has 1 aliphatic rings. The molecule has 1 amide bonds. The standard InChI is InChI=1S/C18H25FN2O5/c1-18(2,3)25-17(23)26-21-10-9-15(14(19)11-21)20-16(22)24-12-13-7-5-4-6-8-13/h4-8,14-15H,9-12H2,1-3H3,(H,20,22). The van der Waals surface area contributed by atoms with Crippen molar-refractivity contribution < 1.29 is 28.3 Å². The smallest absolute Gasteiger partial charge is 0.445 e. The molecular weight excluding hydrogens is 343 g/mol. The van der Waals surface area contributed by atoms with E-state index in [0.717, 1.165) is 5.56 Å². The van der Waals surface area contributed by atoms with Crippen molar-refractivity contribution in [2.45, 2.75) is 51.6 Å². The van der Waals surface area contributed by atoms with Gasteiger partial charge in [-0.25, -0.2) is 14.0 Å². The van der Waals surface area contributed by atoms with Gasteiger partial charge in [-0.05, 0) is 32.8 Å². The number of carbonyl (C=O) groups is 2. The maximum Gasteiger partial charge on any atom is 0.528 e. The summed E-state index contributed by atoms with van der Waals surface area (Å²) in [5.41, 5.74) is 0.161. The number of carbonyl (C=O) groups excluding carboxylic acids is 2. The molecule has 2 unspecified atom stereocenters. The first-order valence-corrected chi connectivity index (χ1v) is 8.50. The molecule has 1 heterocycles. The van der Waals surface area contributed by atoms with E-state index in [1.807, 2.05) is 30.3 Å². The molecule has 1 aliphatic heterocycles. The van der Waals surface area contributed by atoms with E-state index in [1.54, 1.807) is 20.8 Å². The van der Waals surface area contributed by atoms with Gasteiger partial charge in [-0.1, -0.05) is 30.3 Å². The number of hydroxylamine groups is 2.